The van der Waals surface area contributed by atoms with Crippen LogP contribution < -0.4 is 5.32 Å². The van der Waals surface area contributed by atoms with E-state index in [2.05, 4.69) is 5.32 Å². The molecule has 1 amide bonds. The van der Waals surface area contributed by atoms with E-state index in [0.29, 0.717) is 5.56 Å². The van der Waals surface area contributed by atoms with Crippen LogP contribution in [0.5, 0.6) is 0 Å². The van der Waals surface area contributed by atoms with E-state index in [4.69, 9.17) is 5.11 Å². The van der Waals surface area contributed by atoms with Gasteiger partial charge in [0.25, 0.3) is 5.91 Å². The van der Waals surface area contributed by atoms with E-state index in [1.165, 1.54) is 5.57 Å². The molecular weight excluding hydrogens is 254 g/mol. The molecule has 2 N–H and O–H groups in total. The number of hydrogen-bond acceptors (Lipinski definition) is 2. The molecule has 1 saturated carbocycles. The quantitative estimate of drug-likeness (QED) is 0.829. The van der Waals surface area contributed by atoms with Crippen LogP contribution in [0.2, 0.25) is 0 Å². The summed E-state index contributed by atoms with van der Waals surface area (Å²) in [6.07, 6.45) is 5.39. The van der Waals surface area contributed by atoms with Gasteiger partial charge in [-0.1, -0.05) is 29.8 Å². The summed E-state index contributed by atoms with van der Waals surface area (Å²) in [7, 11) is 0. The third-order valence-corrected chi connectivity index (χ3v) is 3.56. The minimum Gasteiger partial charge on any atom is -0.481 e. The number of carboxylic acids is 1. The Bertz CT molecular complexity index is 498. The molecule has 0 aromatic heterocycles. The first-order valence-electron chi connectivity index (χ1n) is 6.91. The fraction of sp³-hybridized carbons (Fsp3) is 0.375. The number of carbonyl (C=O) groups is 2. The molecule has 0 bridgehead atoms. The second-order valence-corrected chi connectivity index (χ2v) is 5.07. The third-order valence-electron chi connectivity index (χ3n) is 3.56. The van der Waals surface area contributed by atoms with Crippen LogP contribution in [0.25, 0.3) is 0 Å². The second kappa shape index (κ2) is 6.89. The van der Waals surface area contributed by atoms with E-state index in [9.17, 15) is 9.59 Å². The van der Waals surface area contributed by atoms with E-state index in [1.807, 2.05) is 18.2 Å². The highest BCUT2D eigenvalue weighted by atomic mass is 16.4. The van der Waals surface area contributed by atoms with Crippen molar-refractivity contribution in [2.24, 2.45) is 0 Å². The number of allylic oxidation sites excluding steroid dienone is 1. The van der Waals surface area contributed by atoms with Crippen LogP contribution in [-0.2, 0) is 4.79 Å². The molecule has 1 fully saturated rings. The van der Waals surface area contributed by atoms with Crippen LogP contribution in [-0.4, -0.2) is 23.0 Å². The molecule has 4 heteroatoms. The van der Waals surface area contributed by atoms with Gasteiger partial charge in [0.05, 0.1) is 6.42 Å². The van der Waals surface area contributed by atoms with Crippen LogP contribution in [0, 0.1) is 0 Å². The van der Waals surface area contributed by atoms with Gasteiger partial charge in [-0.15, -0.1) is 0 Å². The Morgan fingerprint density at radius 1 is 1.20 bits per heavy atom. The number of amides is 1. The molecule has 2 rings (SSSR count). The number of carboxylic acid groups (broad SMARTS) is 1. The van der Waals surface area contributed by atoms with Crippen molar-refractivity contribution in [1.82, 2.24) is 5.32 Å². The molecule has 0 heterocycles. The summed E-state index contributed by atoms with van der Waals surface area (Å²) in [5.74, 6) is -0.828. The van der Waals surface area contributed by atoms with Crippen molar-refractivity contribution in [1.29, 1.82) is 0 Å². The monoisotopic (exact) mass is 273 g/mol. The number of aliphatic carboxylic acids is 1. The molecule has 1 aliphatic rings. The van der Waals surface area contributed by atoms with Gasteiger partial charge in [0.1, 0.15) is 0 Å². The summed E-state index contributed by atoms with van der Waals surface area (Å²) in [5, 5.41) is 11.7. The predicted octanol–water partition coefficient (Wildman–Crippen LogP) is 2.76. The van der Waals surface area contributed by atoms with E-state index < -0.39 is 5.97 Å². The average Bonchev–Trinajstić information content (AvgIpc) is 2.47. The Balaban J connectivity index is 1.81. The van der Waals surface area contributed by atoms with Gasteiger partial charge in [-0.3, -0.25) is 9.59 Å². The van der Waals surface area contributed by atoms with Crippen LogP contribution >= 0.6 is 0 Å². The summed E-state index contributed by atoms with van der Waals surface area (Å²) >= 11 is 0. The van der Waals surface area contributed by atoms with Crippen molar-refractivity contribution in [2.75, 3.05) is 0 Å². The lowest BCUT2D eigenvalue weighted by Gasteiger charge is -2.25. The molecule has 0 radical (unpaired) electrons. The zero-order valence-corrected chi connectivity index (χ0v) is 11.3. The number of nitrogens with one attached hydrogen (secondary N) is 1. The maximum atomic E-state index is 12.0. The van der Waals surface area contributed by atoms with Gasteiger partial charge < -0.3 is 10.4 Å². The fourth-order valence-electron chi connectivity index (χ4n) is 2.43. The topological polar surface area (TPSA) is 66.4 Å². The molecule has 0 spiro atoms. The molecular formula is C16H19NO3. The maximum Gasteiger partial charge on any atom is 0.307 e. The van der Waals surface area contributed by atoms with Crippen molar-refractivity contribution in [3.8, 4) is 0 Å². The highest BCUT2D eigenvalue weighted by molar-refractivity contribution is 5.94. The highest BCUT2D eigenvalue weighted by Gasteiger charge is 2.18. The van der Waals surface area contributed by atoms with Crippen molar-refractivity contribution in [3.63, 3.8) is 0 Å². The van der Waals surface area contributed by atoms with Gasteiger partial charge >= 0.3 is 5.97 Å². The summed E-state index contributed by atoms with van der Waals surface area (Å²) in [6, 6.07) is 9.37. The first kappa shape index (κ1) is 14.3. The molecule has 0 saturated heterocycles. The van der Waals surface area contributed by atoms with Crippen LogP contribution in [0.4, 0.5) is 0 Å². The van der Waals surface area contributed by atoms with Crippen molar-refractivity contribution < 1.29 is 14.7 Å². The lowest BCUT2D eigenvalue weighted by atomic mass is 9.90. The second-order valence-electron chi connectivity index (χ2n) is 5.07. The minimum atomic E-state index is -0.794. The fourth-order valence-corrected chi connectivity index (χ4v) is 2.43. The zero-order chi connectivity index (χ0) is 14.4. The number of rotatable bonds is 4. The Morgan fingerprint density at radius 2 is 1.85 bits per heavy atom. The van der Waals surface area contributed by atoms with Gasteiger partial charge in [0.2, 0.25) is 0 Å². The van der Waals surface area contributed by atoms with E-state index >= 15 is 0 Å². The normalized spacial score (nSPS) is 18.4. The van der Waals surface area contributed by atoms with Crippen molar-refractivity contribution in [3.05, 3.63) is 47.5 Å². The summed E-state index contributed by atoms with van der Waals surface area (Å²) < 4.78 is 0. The predicted molar refractivity (Wildman–Crippen MR) is 76.5 cm³/mol. The first-order valence-corrected chi connectivity index (χ1v) is 6.91. The zero-order valence-electron chi connectivity index (χ0n) is 11.3. The standard InChI is InChI=1S/C16H19NO3/c18-15(19)11-8-12-6-9-14(10-7-12)17-16(20)13-4-2-1-3-5-13/h1-5,8,14H,6-7,9-11H2,(H,17,20)(H,18,19). The molecule has 4 nitrogen and oxygen atoms in total. The van der Waals surface area contributed by atoms with Gasteiger partial charge in [-0.25, -0.2) is 0 Å². The largest absolute Gasteiger partial charge is 0.481 e. The molecule has 106 valence electrons. The molecule has 0 aliphatic heterocycles. The van der Waals surface area contributed by atoms with E-state index in [-0.39, 0.29) is 18.4 Å². The smallest absolute Gasteiger partial charge is 0.307 e. The van der Waals surface area contributed by atoms with Gasteiger partial charge in [-0.2, -0.15) is 0 Å². The molecule has 0 unspecified atom stereocenters. The molecule has 1 aromatic carbocycles. The van der Waals surface area contributed by atoms with Crippen molar-refractivity contribution >= 4 is 11.9 Å². The molecule has 0 atom stereocenters. The van der Waals surface area contributed by atoms with Gasteiger partial charge in [0.15, 0.2) is 0 Å². The summed E-state index contributed by atoms with van der Waals surface area (Å²) in [6.45, 7) is 0. The number of benzene rings is 1. The van der Waals surface area contributed by atoms with Crippen LogP contribution in [0.15, 0.2) is 42.0 Å². The van der Waals surface area contributed by atoms with Crippen LogP contribution in [0.1, 0.15) is 42.5 Å². The van der Waals surface area contributed by atoms with E-state index in [1.54, 1.807) is 18.2 Å². The first-order chi connectivity index (χ1) is 9.65. The Kier molecular flexibility index (Phi) is 4.93. The van der Waals surface area contributed by atoms with Gasteiger partial charge in [0, 0.05) is 11.6 Å². The Labute approximate surface area is 118 Å². The van der Waals surface area contributed by atoms with E-state index in [0.717, 1.165) is 25.7 Å². The lowest BCUT2D eigenvalue weighted by Crippen LogP contribution is -2.36. The SMILES string of the molecule is O=C(O)CC=C1CCC(NC(=O)c2ccccc2)CC1. The summed E-state index contributed by atoms with van der Waals surface area (Å²) in [5.41, 5.74) is 1.87. The van der Waals surface area contributed by atoms with Gasteiger partial charge in [-0.05, 0) is 37.8 Å². The number of carbonyl (C=O) groups excluding carboxylic acids is 1. The highest BCUT2D eigenvalue weighted by Crippen LogP contribution is 2.24. The Hall–Kier alpha value is -2.10. The number of hydrogen-bond donors (Lipinski definition) is 2. The Morgan fingerprint density at radius 3 is 2.45 bits per heavy atom. The van der Waals surface area contributed by atoms with Crippen molar-refractivity contribution in [2.45, 2.75) is 38.1 Å². The molecule has 1 aromatic rings. The average molecular weight is 273 g/mol. The minimum absolute atomic E-state index is 0.0337. The summed E-state index contributed by atoms with van der Waals surface area (Å²) in [4.78, 5) is 22.5. The lowest BCUT2D eigenvalue weighted by molar-refractivity contribution is -0.136. The third kappa shape index (κ3) is 4.23. The molecule has 1 aliphatic carbocycles. The molecule has 20 heavy (non-hydrogen) atoms. The maximum absolute atomic E-state index is 12.0. The van der Waals surface area contributed by atoms with Crippen LogP contribution in [0.3, 0.4) is 0 Å².